The summed E-state index contributed by atoms with van der Waals surface area (Å²) in [6.07, 6.45) is 0.952. The van der Waals surface area contributed by atoms with E-state index in [0.717, 1.165) is 10.2 Å². The molecule has 0 saturated carbocycles. The molecule has 1 N–H and O–H groups in total. The van der Waals surface area contributed by atoms with Crippen molar-refractivity contribution in [2.24, 2.45) is 0 Å². The molecule has 0 saturated heterocycles. The van der Waals surface area contributed by atoms with Gasteiger partial charge in [-0.15, -0.1) is 0 Å². The summed E-state index contributed by atoms with van der Waals surface area (Å²) in [7, 11) is 0. The van der Waals surface area contributed by atoms with E-state index in [-0.39, 0.29) is 17.1 Å². The largest absolute Gasteiger partial charge is 0.492 e. The Balaban J connectivity index is 1.80. The second-order valence-corrected chi connectivity index (χ2v) is 8.39. The summed E-state index contributed by atoms with van der Waals surface area (Å²) >= 11 is 3.55. The van der Waals surface area contributed by atoms with E-state index in [1.54, 1.807) is 24.3 Å². The molecule has 0 aliphatic heterocycles. The van der Waals surface area contributed by atoms with Gasteiger partial charge in [0, 0.05) is 17.7 Å². The lowest BCUT2D eigenvalue weighted by Crippen LogP contribution is -2.13. The first kappa shape index (κ1) is 21.2. The standard InChI is InChI=1S/C22H26BrNO3/c1-15(25)16-7-5-8-18(13-16)24-21(26)9-6-12-27-20-11-10-17(14-19(20)23)22(2,3)4/h5,7-8,10-11,13-14H,6,9,12H2,1-4H3,(H,24,26). The zero-order valence-electron chi connectivity index (χ0n) is 16.3. The highest BCUT2D eigenvalue weighted by Crippen LogP contribution is 2.31. The molecule has 4 nitrogen and oxygen atoms in total. The lowest BCUT2D eigenvalue weighted by Gasteiger charge is -2.20. The number of carbonyl (C=O) groups is 2. The molecule has 0 bridgehead atoms. The third-order valence-corrected chi connectivity index (χ3v) is 4.78. The number of nitrogens with one attached hydrogen (secondary N) is 1. The zero-order chi connectivity index (χ0) is 20.0. The maximum Gasteiger partial charge on any atom is 0.224 e. The molecule has 2 rings (SSSR count). The van der Waals surface area contributed by atoms with E-state index < -0.39 is 0 Å². The van der Waals surface area contributed by atoms with Gasteiger partial charge < -0.3 is 10.1 Å². The first-order valence-electron chi connectivity index (χ1n) is 9.00. The number of halogens is 1. The van der Waals surface area contributed by atoms with Gasteiger partial charge in [0.1, 0.15) is 5.75 Å². The second-order valence-electron chi connectivity index (χ2n) is 7.53. The number of carbonyl (C=O) groups excluding carboxylic acids is 2. The van der Waals surface area contributed by atoms with Gasteiger partial charge in [0.15, 0.2) is 5.78 Å². The van der Waals surface area contributed by atoms with E-state index >= 15 is 0 Å². The van der Waals surface area contributed by atoms with Crippen molar-refractivity contribution in [1.29, 1.82) is 0 Å². The van der Waals surface area contributed by atoms with E-state index in [1.165, 1.54) is 12.5 Å². The molecule has 2 aromatic rings. The molecule has 0 aliphatic rings. The highest BCUT2D eigenvalue weighted by Gasteiger charge is 2.15. The van der Waals surface area contributed by atoms with Crippen LogP contribution in [0.4, 0.5) is 5.69 Å². The van der Waals surface area contributed by atoms with Crippen molar-refractivity contribution in [1.82, 2.24) is 0 Å². The Morgan fingerprint density at radius 3 is 2.48 bits per heavy atom. The number of rotatable bonds is 7. The monoisotopic (exact) mass is 431 g/mol. The van der Waals surface area contributed by atoms with Gasteiger partial charge in [-0.05, 0) is 64.5 Å². The Bertz CT molecular complexity index is 825. The van der Waals surface area contributed by atoms with Gasteiger partial charge in [-0.25, -0.2) is 0 Å². The SMILES string of the molecule is CC(=O)c1cccc(NC(=O)CCCOc2ccc(C(C)(C)C)cc2Br)c1. The summed E-state index contributed by atoms with van der Waals surface area (Å²) in [6.45, 7) is 8.46. The van der Waals surface area contributed by atoms with E-state index in [4.69, 9.17) is 4.74 Å². The summed E-state index contributed by atoms with van der Waals surface area (Å²) < 4.78 is 6.70. The number of anilines is 1. The van der Waals surface area contributed by atoms with Gasteiger partial charge in [-0.2, -0.15) is 0 Å². The minimum absolute atomic E-state index is 0.0254. The Hall–Kier alpha value is -2.14. The first-order chi connectivity index (χ1) is 12.7. The quantitative estimate of drug-likeness (QED) is 0.448. The Morgan fingerprint density at radius 1 is 1.11 bits per heavy atom. The zero-order valence-corrected chi connectivity index (χ0v) is 17.9. The minimum atomic E-state index is -0.0959. The van der Waals surface area contributed by atoms with Crippen LogP contribution in [0.15, 0.2) is 46.9 Å². The van der Waals surface area contributed by atoms with Gasteiger partial charge in [-0.3, -0.25) is 9.59 Å². The highest BCUT2D eigenvalue weighted by molar-refractivity contribution is 9.10. The second kappa shape index (κ2) is 9.18. The number of hydrogen-bond donors (Lipinski definition) is 1. The van der Waals surface area contributed by atoms with Crippen LogP contribution >= 0.6 is 15.9 Å². The molecule has 0 fully saturated rings. The van der Waals surface area contributed by atoms with Crippen molar-refractivity contribution in [3.63, 3.8) is 0 Å². The molecular formula is C22H26BrNO3. The molecule has 0 aromatic heterocycles. The minimum Gasteiger partial charge on any atom is -0.492 e. The fourth-order valence-corrected chi connectivity index (χ4v) is 3.03. The molecule has 0 heterocycles. The lowest BCUT2D eigenvalue weighted by molar-refractivity contribution is -0.116. The summed E-state index contributed by atoms with van der Waals surface area (Å²) in [5.74, 6) is 0.654. The van der Waals surface area contributed by atoms with Crippen molar-refractivity contribution in [2.75, 3.05) is 11.9 Å². The van der Waals surface area contributed by atoms with Crippen LogP contribution in [0.1, 0.15) is 56.5 Å². The number of Topliss-reactive ketones (excluding diaryl/α,β-unsaturated/α-hetero) is 1. The van der Waals surface area contributed by atoms with Crippen molar-refractivity contribution in [3.05, 3.63) is 58.1 Å². The van der Waals surface area contributed by atoms with Crippen LogP contribution in [0, 0.1) is 0 Å². The van der Waals surface area contributed by atoms with E-state index in [2.05, 4.69) is 54.2 Å². The normalized spacial score (nSPS) is 11.1. The number of ether oxygens (including phenoxy) is 1. The average molecular weight is 432 g/mol. The molecular weight excluding hydrogens is 406 g/mol. The number of ketones is 1. The number of benzene rings is 2. The van der Waals surface area contributed by atoms with Gasteiger partial charge in [0.25, 0.3) is 0 Å². The van der Waals surface area contributed by atoms with Crippen LogP contribution < -0.4 is 10.1 Å². The molecule has 5 heteroatoms. The van der Waals surface area contributed by atoms with Crippen LogP contribution in [0.2, 0.25) is 0 Å². The highest BCUT2D eigenvalue weighted by atomic mass is 79.9. The Labute approximate surface area is 169 Å². The maximum absolute atomic E-state index is 12.1. The molecule has 0 spiro atoms. The molecule has 2 aromatic carbocycles. The predicted molar refractivity (Wildman–Crippen MR) is 113 cm³/mol. The van der Waals surface area contributed by atoms with Gasteiger partial charge in [0.05, 0.1) is 11.1 Å². The van der Waals surface area contributed by atoms with Crippen LogP contribution in [-0.2, 0) is 10.2 Å². The first-order valence-corrected chi connectivity index (χ1v) is 9.80. The van der Waals surface area contributed by atoms with Gasteiger partial charge in [-0.1, -0.05) is 39.0 Å². The van der Waals surface area contributed by atoms with E-state index in [9.17, 15) is 9.59 Å². The summed E-state index contributed by atoms with van der Waals surface area (Å²) in [6, 6.07) is 13.0. The molecule has 0 aliphatic carbocycles. The Morgan fingerprint density at radius 2 is 1.85 bits per heavy atom. The molecule has 0 atom stereocenters. The summed E-state index contributed by atoms with van der Waals surface area (Å²) in [5.41, 5.74) is 2.53. The molecule has 144 valence electrons. The molecule has 27 heavy (non-hydrogen) atoms. The summed E-state index contributed by atoms with van der Waals surface area (Å²) in [5, 5.41) is 2.82. The average Bonchev–Trinajstić information content (AvgIpc) is 2.59. The fraction of sp³-hybridized carbons (Fsp3) is 0.364. The van der Waals surface area contributed by atoms with Crippen molar-refractivity contribution in [3.8, 4) is 5.75 Å². The third-order valence-electron chi connectivity index (χ3n) is 4.16. The maximum atomic E-state index is 12.1. The van der Waals surface area contributed by atoms with Crippen LogP contribution in [0.25, 0.3) is 0 Å². The van der Waals surface area contributed by atoms with Crippen molar-refractivity contribution in [2.45, 2.75) is 46.0 Å². The van der Waals surface area contributed by atoms with Crippen molar-refractivity contribution < 1.29 is 14.3 Å². The van der Waals surface area contributed by atoms with Crippen LogP contribution in [0.5, 0.6) is 5.75 Å². The van der Waals surface area contributed by atoms with E-state index in [0.29, 0.717) is 30.7 Å². The molecule has 0 unspecified atom stereocenters. The number of amides is 1. The van der Waals surface area contributed by atoms with E-state index in [1.807, 2.05) is 6.07 Å². The van der Waals surface area contributed by atoms with Crippen LogP contribution in [0.3, 0.4) is 0 Å². The van der Waals surface area contributed by atoms with Gasteiger partial charge in [0.2, 0.25) is 5.91 Å². The van der Waals surface area contributed by atoms with Crippen LogP contribution in [-0.4, -0.2) is 18.3 Å². The van der Waals surface area contributed by atoms with Gasteiger partial charge >= 0.3 is 0 Å². The van der Waals surface area contributed by atoms with Crippen molar-refractivity contribution >= 4 is 33.3 Å². The lowest BCUT2D eigenvalue weighted by atomic mass is 9.87. The summed E-state index contributed by atoms with van der Waals surface area (Å²) in [4.78, 5) is 23.5. The smallest absolute Gasteiger partial charge is 0.224 e. The Kier molecular flexibility index (Phi) is 7.19. The number of hydrogen-bond acceptors (Lipinski definition) is 3. The topological polar surface area (TPSA) is 55.4 Å². The molecule has 1 amide bonds. The molecule has 0 radical (unpaired) electrons. The predicted octanol–water partition coefficient (Wildman–Crippen LogP) is 5.75. The fourth-order valence-electron chi connectivity index (χ4n) is 2.54. The third kappa shape index (κ3) is 6.51.